The lowest BCUT2D eigenvalue weighted by atomic mass is 10.2. The average Bonchev–Trinajstić information content (AvgIpc) is 2.88. The second-order valence-electron chi connectivity index (χ2n) is 3.79. The minimum absolute atomic E-state index is 0.660. The highest BCUT2D eigenvalue weighted by Crippen LogP contribution is 2.24. The van der Waals surface area contributed by atoms with Gasteiger partial charge in [0.05, 0.1) is 6.61 Å². The molecule has 1 aromatic carbocycles. The van der Waals surface area contributed by atoms with Crippen LogP contribution in [0.3, 0.4) is 0 Å². The molecule has 0 unspecified atom stereocenters. The van der Waals surface area contributed by atoms with E-state index >= 15 is 0 Å². The molecule has 0 fully saturated rings. The van der Waals surface area contributed by atoms with Gasteiger partial charge in [-0.05, 0) is 24.6 Å². The first-order valence-electron chi connectivity index (χ1n) is 5.84. The zero-order valence-electron chi connectivity index (χ0n) is 10.1. The maximum atomic E-state index is 6.02. The number of hydrogen-bond acceptors (Lipinski definition) is 4. The van der Waals surface area contributed by atoms with Crippen molar-refractivity contribution in [3.63, 3.8) is 0 Å². The molecule has 3 nitrogen and oxygen atoms in total. The molecule has 0 radical (unpaired) electrons. The second kappa shape index (κ2) is 6.61. The Kier molecular flexibility index (Phi) is 4.84. The quantitative estimate of drug-likeness (QED) is 0.862. The number of hydrogen-bond donors (Lipinski definition) is 1. The molecule has 0 amide bonds. The van der Waals surface area contributed by atoms with Crippen LogP contribution in [0.1, 0.15) is 18.9 Å². The fourth-order valence-electron chi connectivity index (χ4n) is 1.52. The Hall–Kier alpha value is -1.26. The van der Waals surface area contributed by atoms with Gasteiger partial charge < -0.3 is 10.1 Å². The van der Waals surface area contributed by atoms with E-state index in [1.54, 1.807) is 17.5 Å². The first-order valence-corrected chi connectivity index (χ1v) is 7.10. The van der Waals surface area contributed by atoms with E-state index in [1.165, 1.54) is 0 Å². The maximum absolute atomic E-state index is 6.02. The Morgan fingerprint density at radius 3 is 3.06 bits per heavy atom. The smallest absolute Gasteiger partial charge is 0.182 e. The Bertz CT molecular complexity index is 488. The molecule has 2 aromatic rings. The molecule has 0 aliphatic rings. The van der Waals surface area contributed by atoms with Gasteiger partial charge in [0, 0.05) is 28.7 Å². The number of aromatic nitrogens is 1. The summed E-state index contributed by atoms with van der Waals surface area (Å²) in [7, 11) is 0. The predicted octanol–water partition coefficient (Wildman–Crippen LogP) is 4.20. The number of halogens is 1. The molecule has 0 saturated heterocycles. The molecule has 1 N–H and O–H groups in total. The Morgan fingerprint density at radius 1 is 1.44 bits per heavy atom. The minimum atomic E-state index is 0.660. The van der Waals surface area contributed by atoms with Gasteiger partial charge in [0.2, 0.25) is 0 Å². The highest BCUT2D eigenvalue weighted by atomic mass is 35.5. The second-order valence-corrected chi connectivity index (χ2v) is 5.12. The summed E-state index contributed by atoms with van der Waals surface area (Å²) in [4.78, 5) is 4.18. The van der Waals surface area contributed by atoms with E-state index in [1.807, 2.05) is 23.6 Å². The van der Waals surface area contributed by atoms with Crippen LogP contribution in [0, 0.1) is 0 Å². The van der Waals surface area contributed by atoms with E-state index in [9.17, 15) is 0 Å². The molecule has 2 rings (SSSR count). The van der Waals surface area contributed by atoms with Gasteiger partial charge in [-0.25, -0.2) is 4.98 Å². The topological polar surface area (TPSA) is 34.1 Å². The van der Waals surface area contributed by atoms with Gasteiger partial charge in [-0.15, -0.1) is 11.3 Å². The fourth-order valence-corrected chi connectivity index (χ4v) is 2.24. The van der Waals surface area contributed by atoms with E-state index in [4.69, 9.17) is 16.3 Å². The van der Waals surface area contributed by atoms with Crippen LogP contribution in [0.4, 0.5) is 5.13 Å². The van der Waals surface area contributed by atoms with Gasteiger partial charge in [-0.3, -0.25) is 0 Å². The first-order chi connectivity index (χ1) is 8.79. The van der Waals surface area contributed by atoms with E-state index in [0.29, 0.717) is 13.2 Å². The molecular weight excluding hydrogens is 268 g/mol. The van der Waals surface area contributed by atoms with Crippen LogP contribution in [0.2, 0.25) is 5.02 Å². The molecule has 96 valence electrons. The van der Waals surface area contributed by atoms with Crippen molar-refractivity contribution in [1.82, 2.24) is 4.98 Å². The van der Waals surface area contributed by atoms with Gasteiger partial charge >= 0.3 is 0 Å². The summed E-state index contributed by atoms with van der Waals surface area (Å²) in [5.74, 6) is 0.880. The number of anilines is 1. The summed E-state index contributed by atoms with van der Waals surface area (Å²) in [6.07, 6.45) is 2.77. The molecule has 0 aliphatic heterocycles. The van der Waals surface area contributed by atoms with Crippen molar-refractivity contribution < 1.29 is 4.74 Å². The van der Waals surface area contributed by atoms with Crippen molar-refractivity contribution in [2.24, 2.45) is 0 Å². The van der Waals surface area contributed by atoms with Crippen LogP contribution >= 0.6 is 22.9 Å². The van der Waals surface area contributed by atoms with E-state index in [2.05, 4.69) is 17.2 Å². The van der Waals surface area contributed by atoms with Crippen molar-refractivity contribution in [2.45, 2.75) is 19.9 Å². The average molecular weight is 283 g/mol. The number of rotatable bonds is 6. The molecule has 1 aromatic heterocycles. The number of benzene rings is 1. The van der Waals surface area contributed by atoms with Crippen LogP contribution in [0.25, 0.3) is 0 Å². The summed E-state index contributed by atoms with van der Waals surface area (Å²) in [5.41, 5.74) is 1.05. The zero-order valence-corrected chi connectivity index (χ0v) is 11.7. The van der Waals surface area contributed by atoms with Gasteiger partial charge in [-0.2, -0.15) is 0 Å². The van der Waals surface area contributed by atoms with Crippen molar-refractivity contribution in [2.75, 3.05) is 11.9 Å². The molecule has 1 heterocycles. The molecule has 0 saturated carbocycles. The lowest BCUT2D eigenvalue weighted by molar-refractivity contribution is 0.314. The number of ether oxygens (including phenoxy) is 1. The Morgan fingerprint density at radius 2 is 2.33 bits per heavy atom. The Balaban J connectivity index is 2.06. The van der Waals surface area contributed by atoms with Gasteiger partial charge in [0.25, 0.3) is 0 Å². The highest BCUT2D eigenvalue weighted by Gasteiger charge is 2.05. The van der Waals surface area contributed by atoms with Crippen LogP contribution in [0.15, 0.2) is 29.8 Å². The lowest BCUT2D eigenvalue weighted by Crippen LogP contribution is -2.04. The van der Waals surface area contributed by atoms with Gasteiger partial charge in [0.1, 0.15) is 5.75 Å². The third-order valence-electron chi connectivity index (χ3n) is 2.35. The monoisotopic (exact) mass is 282 g/mol. The number of thiazole rings is 1. The molecule has 0 atom stereocenters. The predicted molar refractivity (Wildman–Crippen MR) is 76.7 cm³/mol. The van der Waals surface area contributed by atoms with Crippen molar-refractivity contribution in [1.29, 1.82) is 0 Å². The van der Waals surface area contributed by atoms with Crippen molar-refractivity contribution >= 4 is 28.1 Å². The maximum Gasteiger partial charge on any atom is 0.182 e. The van der Waals surface area contributed by atoms with E-state index in [0.717, 1.165) is 27.9 Å². The minimum Gasteiger partial charge on any atom is -0.493 e. The fraction of sp³-hybridized carbons (Fsp3) is 0.308. The molecule has 0 aliphatic carbocycles. The third kappa shape index (κ3) is 3.62. The summed E-state index contributed by atoms with van der Waals surface area (Å²) in [5, 5.41) is 6.81. The van der Waals surface area contributed by atoms with E-state index < -0.39 is 0 Å². The SMILES string of the molecule is CCCOc1ccc(Cl)cc1CNc1nccs1. The molecular formula is C13H15ClN2OS. The lowest BCUT2D eigenvalue weighted by Gasteiger charge is -2.11. The van der Waals surface area contributed by atoms with Crippen LogP contribution in [-0.4, -0.2) is 11.6 Å². The standard InChI is InChI=1S/C13H15ClN2OS/c1-2-6-17-12-4-3-11(14)8-10(12)9-16-13-15-5-7-18-13/h3-5,7-8H,2,6,9H2,1H3,(H,15,16). The van der Waals surface area contributed by atoms with E-state index in [-0.39, 0.29) is 0 Å². The highest BCUT2D eigenvalue weighted by molar-refractivity contribution is 7.13. The van der Waals surface area contributed by atoms with Crippen LogP contribution in [0.5, 0.6) is 5.75 Å². The number of nitrogens with one attached hydrogen (secondary N) is 1. The summed E-state index contributed by atoms with van der Waals surface area (Å²) >= 11 is 7.59. The van der Waals surface area contributed by atoms with Crippen molar-refractivity contribution in [3.05, 3.63) is 40.4 Å². The number of nitrogens with zero attached hydrogens (tertiary/aromatic N) is 1. The van der Waals surface area contributed by atoms with Crippen molar-refractivity contribution in [3.8, 4) is 5.75 Å². The largest absolute Gasteiger partial charge is 0.493 e. The third-order valence-corrected chi connectivity index (χ3v) is 3.31. The summed E-state index contributed by atoms with van der Waals surface area (Å²) in [6, 6.07) is 5.68. The summed E-state index contributed by atoms with van der Waals surface area (Å²) < 4.78 is 5.70. The zero-order chi connectivity index (χ0) is 12.8. The molecule has 0 bridgehead atoms. The van der Waals surface area contributed by atoms with Gasteiger partial charge in [-0.1, -0.05) is 18.5 Å². The summed E-state index contributed by atoms with van der Waals surface area (Å²) in [6.45, 7) is 3.46. The molecule has 0 spiro atoms. The first kappa shape index (κ1) is 13.2. The Labute approximate surface area is 116 Å². The normalized spacial score (nSPS) is 10.3. The molecule has 18 heavy (non-hydrogen) atoms. The van der Waals surface area contributed by atoms with Gasteiger partial charge in [0.15, 0.2) is 5.13 Å². The van der Waals surface area contributed by atoms with Crippen LogP contribution < -0.4 is 10.1 Å². The molecule has 5 heteroatoms. The van der Waals surface area contributed by atoms with Crippen LogP contribution in [-0.2, 0) is 6.54 Å².